The Morgan fingerprint density at radius 2 is 2.09 bits per heavy atom. The Labute approximate surface area is 74.4 Å². The molecule has 4 nitrogen and oxygen atoms in total. The number of halogens is 1. The van der Waals surface area contributed by atoms with Crippen molar-refractivity contribution in [2.45, 2.75) is 11.2 Å². The van der Waals surface area contributed by atoms with E-state index in [9.17, 15) is 9.59 Å². The van der Waals surface area contributed by atoms with E-state index in [1.54, 1.807) is 0 Å². The fourth-order valence-corrected chi connectivity index (χ4v) is 0.771. The molecule has 0 aromatic heterocycles. The van der Waals surface area contributed by atoms with Gasteiger partial charge >= 0.3 is 11.9 Å². The summed E-state index contributed by atoms with van der Waals surface area (Å²) in [4.78, 5) is 20.5. The normalized spacial score (nSPS) is 16.1. The molecule has 0 rings (SSSR count). The highest BCUT2D eigenvalue weighted by Crippen LogP contribution is 2.07. The molecule has 0 radical (unpaired) electrons. The number of carbonyl (C=O) groups is 2. The van der Waals surface area contributed by atoms with Crippen LogP contribution >= 0.6 is 15.9 Å². The van der Waals surface area contributed by atoms with E-state index in [2.05, 4.69) is 25.4 Å². The molecule has 0 amide bonds. The van der Waals surface area contributed by atoms with Crippen molar-refractivity contribution in [3.63, 3.8) is 0 Å². The highest BCUT2D eigenvalue weighted by atomic mass is 79.9. The number of carbonyl (C=O) groups excluding carboxylic acids is 2. The van der Waals surface area contributed by atoms with Gasteiger partial charge in [-0.3, -0.25) is 9.59 Å². The maximum Gasteiger partial charge on any atom is 0.320 e. The van der Waals surface area contributed by atoms with Gasteiger partial charge < -0.3 is 9.47 Å². The van der Waals surface area contributed by atoms with Crippen LogP contribution in [0.2, 0.25) is 0 Å². The van der Waals surface area contributed by atoms with Gasteiger partial charge in [-0.1, -0.05) is 15.9 Å². The van der Waals surface area contributed by atoms with Crippen LogP contribution in [0, 0.1) is 0 Å². The molecule has 0 aliphatic heterocycles. The lowest BCUT2D eigenvalue weighted by molar-refractivity contribution is -0.146. The quantitative estimate of drug-likeness (QED) is 0.519. The summed E-state index contributed by atoms with van der Waals surface area (Å²) >= 11 is 2.85. The van der Waals surface area contributed by atoms with Crippen molar-refractivity contribution in [2.75, 3.05) is 14.2 Å². The van der Waals surface area contributed by atoms with Crippen LogP contribution in [-0.2, 0) is 19.1 Å². The molecule has 0 spiro atoms. The van der Waals surface area contributed by atoms with Gasteiger partial charge in [0.1, 0.15) is 4.83 Å². The smallest absolute Gasteiger partial charge is 0.320 e. The van der Waals surface area contributed by atoms with E-state index in [1.165, 1.54) is 7.11 Å². The molecule has 0 bridgehead atoms. The van der Waals surface area contributed by atoms with Gasteiger partial charge in [0.05, 0.1) is 20.6 Å². The van der Waals surface area contributed by atoms with Crippen LogP contribution in [0.15, 0.2) is 0 Å². The van der Waals surface area contributed by atoms with Crippen LogP contribution in [0.5, 0.6) is 0 Å². The first-order valence-electron chi connectivity index (χ1n) is 3.34. The topological polar surface area (TPSA) is 52.6 Å². The van der Waals surface area contributed by atoms with E-state index in [4.69, 9.17) is 1.37 Å². The van der Waals surface area contributed by atoms with Crippen LogP contribution in [-0.4, -0.2) is 31.0 Å². The van der Waals surface area contributed by atoms with Crippen LogP contribution in [0.3, 0.4) is 0 Å². The zero-order chi connectivity index (χ0) is 9.72. The van der Waals surface area contributed by atoms with E-state index in [-0.39, 0.29) is 0 Å². The average Bonchev–Trinajstić information content (AvgIpc) is 2.12. The number of hydrogen-bond donors (Lipinski definition) is 0. The minimum Gasteiger partial charge on any atom is -0.469 e. The third kappa shape index (κ3) is 3.98. The second-order valence-electron chi connectivity index (χ2n) is 1.61. The van der Waals surface area contributed by atoms with Crippen molar-refractivity contribution in [1.82, 2.24) is 0 Å². The summed E-state index contributed by atoms with van der Waals surface area (Å²) in [6.45, 7) is 0. The zero-order valence-corrected chi connectivity index (χ0v) is 7.75. The van der Waals surface area contributed by atoms with Gasteiger partial charge in [0.2, 0.25) is 0 Å². The fraction of sp³-hybridized carbons (Fsp3) is 0.667. The van der Waals surface area contributed by atoms with E-state index in [0.29, 0.717) is 0 Å². The zero-order valence-electron chi connectivity index (χ0n) is 7.17. The van der Waals surface area contributed by atoms with E-state index in [1.807, 2.05) is 0 Å². The lowest BCUT2D eigenvalue weighted by Crippen LogP contribution is -2.19. The molecule has 2 atom stereocenters. The summed E-state index contributed by atoms with van der Waals surface area (Å²) in [5.74, 6) is -1.44. The largest absolute Gasteiger partial charge is 0.469 e. The highest BCUT2D eigenvalue weighted by molar-refractivity contribution is 9.10. The van der Waals surface area contributed by atoms with Crippen molar-refractivity contribution in [3.8, 4) is 0 Å². The molecule has 0 heterocycles. The Morgan fingerprint density at radius 1 is 1.55 bits per heavy atom. The Balaban J connectivity index is 4.18. The van der Waals surface area contributed by atoms with Gasteiger partial charge in [0.25, 0.3) is 0 Å². The lowest BCUT2D eigenvalue weighted by atomic mass is 10.3. The molecule has 0 aliphatic carbocycles. The molecule has 0 saturated heterocycles. The van der Waals surface area contributed by atoms with Crippen LogP contribution < -0.4 is 0 Å². The van der Waals surface area contributed by atoms with Crippen molar-refractivity contribution in [3.05, 3.63) is 0 Å². The van der Waals surface area contributed by atoms with Gasteiger partial charge in [0, 0.05) is 1.37 Å². The molecule has 0 unspecified atom stereocenters. The maximum atomic E-state index is 10.8. The van der Waals surface area contributed by atoms with E-state index < -0.39 is 23.2 Å². The molecule has 0 fully saturated rings. The molecular weight excluding hydrogens is 216 g/mol. The van der Waals surface area contributed by atoms with Gasteiger partial charge in [-0.05, 0) is 0 Å². The summed E-state index contributed by atoms with van der Waals surface area (Å²) in [7, 11) is 2.33. The Kier molecular flexibility index (Phi) is 3.96. The lowest BCUT2D eigenvalue weighted by Gasteiger charge is -2.04. The van der Waals surface area contributed by atoms with Crippen molar-refractivity contribution < 1.29 is 20.4 Å². The number of rotatable bonds is 3. The first kappa shape index (κ1) is 8.52. The second kappa shape index (κ2) is 5.12. The predicted octanol–water partition coefficient (Wildman–Crippen LogP) is 0.486. The number of hydrogen-bond acceptors (Lipinski definition) is 4. The minimum absolute atomic E-state index is 0.666. The molecule has 11 heavy (non-hydrogen) atoms. The molecule has 64 valence electrons. The Bertz CT molecular complexity index is 164. The van der Waals surface area contributed by atoms with Gasteiger partial charge in [-0.2, -0.15) is 0 Å². The standard InChI is InChI=1S/C6H9BrO4/c1-10-5(8)3-4(7)6(9)11-2/h4H,3H2,1-2H3/t4-/m1/s1/i3D/t3-,4-. The molecule has 0 aliphatic rings. The monoisotopic (exact) mass is 225 g/mol. The molecule has 0 saturated carbocycles. The third-order valence-corrected chi connectivity index (χ3v) is 1.55. The summed E-state index contributed by atoms with van der Waals surface area (Å²) in [5.41, 5.74) is 0. The Morgan fingerprint density at radius 3 is 2.45 bits per heavy atom. The van der Waals surface area contributed by atoms with Crippen LogP contribution in [0.1, 0.15) is 7.77 Å². The van der Waals surface area contributed by atoms with Gasteiger partial charge in [0.15, 0.2) is 0 Å². The van der Waals surface area contributed by atoms with Crippen molar-refractivity contribution >= 4 is 27.9 Å². The first-order chi connectivity index (χ1) is 5.54. The first-order valence-corrected chi connectivity index (χ1v) is 3.68. The summed E-state index contributed by atoms with van der Waals surface area (Å²) < 4.78 is 15.8. The van der Waals surface area contributed by atoms with Gasteiger partial charge in [-0.25, -0.2) is 0 Å². The number of esters is 2. The molecule has 5 heteroatoms. The van der Waals surface area contributed by atoms with Crippen molar-refractivity contribution in [1.29, 1.82) is 0 Å². The maximum absolute atomic E-state index is 10.8. The molecule has 0 aromatic carbocycles. The summed E-state index contributed by atoms with van der Waals surface area (Å²) in [5, 5.41) is 0. The predicted molar refractivity (Wildman–Crippen MR) is 41.4 cm³/mol. The third-order valence-electron chi connectivity index (χ3n) is 0.910. The SMILES string of the molecule is [2H][C@@H](C(=O)OC)[C@@H](Br)C(=O)OC. The second-order valence-corrected chi connectivity index (χ2v) is 2.60. The van der Waals surface area contributed by atoms with Crippen molar-refractivity contribution in [2.24, 2.45) is 0 Å². The number of alkyl halides is 1. The van der Waals surface area contributed by atoms with E-state index >= 15 is 0 Å². The summed E-state index contributed by atoms with van der Waals surface area (Å²) in [6.07, 6.45) is -1.29. The van der Waals surface area contributed by atoms with E-state index in [0.717, 1.165) is 7.11 Å². The van der Waals surface area contributed by atoms with Crippen LogP contribution in [0.4, 0.5) is 0 Å². The number of methoxy groups -OCH3 is 2. The van der Waals surface area contributed by atoms with Gasteiger partial charge in [-0.15, -0.1) is 0 Å². The molecule has 0 N–H and O–H groups in total. The molecular formula is C6H9BrO4. The average molecular weight is 226 g/mol. The molecule has 0 aromatic rings. The Hall–Kier alpha value is -0.580. The highest BCUT2D eigenvalue weighted by Gasteiger charge is 2.19. The fourth-order valence-electron chi connectivity index (χ4n) is 0.368. The van der Waals surface area contributed by atoms with Crippen LogP contribution in [0.25, 0.3) is 0 Å². The number of ether oxygens (including phenoxy) is 2. The summed E-state index contributed by atoms with van der Waals surface area (Å²) in [6, 6.07) is 0. The minimum atomic E-state index is -1.29.